The average Bonchev–Trinajstić information content (AvgIpc) is 2.80. The molecule has 2 amide bonds. The largest absolute Gasteiger partial charge is 0.368 e. The highest BCUT2D eigenvalue weighted by Gasteiger charge is 2.23. The Morgan fingerprint density at radius 3 is 2.03 bits per heavy atom. The number of anilines is 1. The lowest BCUT2D eigenvalue weighted by Crippen LogP contribution is -2.48. The molecule has 0 aliphatic carbocycles. The number of halogens is 1. The highest BCUT2D eigenvalue weighted by atomic mass is 19.1. The Kier molecular flexibility index (Phi) is 6.54. The number of carbonyl (C=O) groups excluding carboxylic acids is 2. The van der Waals surface area contributed by atoms with Crippen molar-refractivity contribution in [3.05, 3.63) is 65.5 Å². The van der Waals surface area contributed by atoms with Crippen molar-refractivity contribution in [2.75, 3.05) is 44.2 Å². The highest BCUT2D eigenvalue weighted by molar-refractivity contribution is 5.94. The fraction of sp³-hybridized carbons (Fsp3) is 0.440. The molecule has 31 heavy (non-hydrogen) atoms. The van der Waals surface area contributed by atoms with Crippen LogP contribution >= 0.6 is 0 Å². The van der Waals surface area contributed by atoms with Gasteiger partial charge in [-0.1, -0.05) is 12.1 Å². The van der Waals surface area contributed by atoms with Gasteiger partial charge >= 0.3 is 0 Å². The van der Waals surface area contributed by atoms with E-state index in [4.69, 9.17) is 0 Å². The molecule has 2 aliphatic rings. The molecule has 4 rings (SSSR count). The normalized spacial score (nSPS) is 17.7. The van der Waals surface area contributed by atoms with E-state index in [1.54, 1.807) is 19.1 Å². The molecular weight excluding hydrogens is 393 g/mol. The van der Waals surface area contributed by atoms with Crippen molar-refractivity contribution in [3.8, 4) is 0 Å². The van der Waals surface area contributed by atoms with Crippen LogP contribution in [-0.2, 0) is 11.2 Å². The summed E-state index contributed by atoms with van der Waals surface area (Å²) in [5, 5.41) is 0. The zero-order chi connectivity index (χ0) is 21.8. The fourth-order valence-corrected chi connectivity index (χ4v) is 4.57. The average molecular weight is 424 g/mol. The van der Waals surface area contributed by atoms with Crippen LogP contribution in [0, 0.1) is 11.7 Å². The van der Waals surface area contributed by atoms with E-state index < -0.39 is 0 Å². The lowest BCUT2D eigenvalue weighted by Gasteiger charge is -2.36. The summed E-state index contributed by atoms with van der Waals surface area (Å²) in [6, 6.07) is 14.5. The Bertz CT molecular complexity index is 897. The van der Waals surface area contributed by atoms with Crippen molar-refractivity contribution in [1.29, 1.82) is 0 Å². The number of piperazine rings is 1. The number of amides is 2. The van der Waals surface area contributed by atoms with E-state index in [9.17, 15) is 14.0 Å². The Balaban J connectivity index is 1.28. The summed E-state index contributed by atoms with van der Waals surface area (Å²) in [7, 11) is 0. The highest BCUT2D eigenvalue weighted by Crippen LogP contribution is 2.23. The minimum atomic E-state index is -0.234. The Labute approximate surface area is 183 Å². The van der Waals surface area contributed by atoms with Crippen LogP contribution < -0.4 is 4.90 Å². The zero-order valence-corrected chi connectivity index (χ0v) is 18.1. The summed E-state index contributed by atoms with van der Waals surface area (Å²) in [5.74, 6) is 0.596. The van der Waals surface area contributed by atoms with Crippen LogP contribution in [0.1, 0.15) is 35.7 Å². The first-order valence-corrected chi connectivity index (χ1v) is 11.1. The minimum absolute atomic E-state index is 0.0695. The Hall–Kier alpha value is -2.89. The van der Waals surface area contributed by atoms with E-state index in [0.717, 1.165) is 56.7 Å². The first kappa shape index (κ1) is 21.3. The van der Waals surface area contributed by atoms with Gasteiger partial charge in [0, 0.05) is 57.4 Å². The smallest absolute Gasteiger partial charge is 0.253 e. The van der Waals surface area contributed by atoms with Crippen LogP contribution in [-0.4, -0.2) is 60.9 Å². The van der Waals surface area contributed by atoms with E-state index in [0.29, 0.717) is 19.0 Å². The number of hydrogen-bond acceptors (Lipinski definition) is 3. The van der Waals surface area contributed by atoms with Crippen LogP contribution in [0.15, 0.2) is 48.5 Å². The number of hydrogen-bond donors (Lipinski definition) is 0. The molecule has 6 heteroatoms. The van der Waals surface area contributed by atoms with Crippen LogP contribution in [0.2, 0.25) is 0 Å². The molecule has 2 fully saturated rings. The van der Waals surface area contributed by atoms with E-state index in [1.807, 2.05) is 21.9 Å². The van der Waals surface area contributed by atoms with Crippen molar-refractivity contribution in [2.24, 2.45) is 5.92 Å². The maximum atomic E-state index is 13.1. The maximum absolute atomic E-state index is 13.1. The molecule has 0 N–H and O–H groups in total. The second-order valence-corrected chi connectivity index (χ2v) is 8.61. The van der Waals surface area contributed by atoms with Crippen LogP contribution in [0.5, 0.6) is 0 Å². The molecule has 0 unspecified atom stereocenters. The minimum Gasteiger partial charge on any atom is -0.368 e. The number of piperidine rings is 1. The topological polar surface area (TPSA) is 43.9 Å². The molecule has 0 aromatic heterocycles. The third-order valence-electron chi connectivity index (χ3n) is 6.54. The molecule has 2 aromatic rings. The quantitative estimate of drug-likeness (QED) is 0.755. The van der Waals surface area contributed by atoms with Crippen molar-refractivity contribution in [1.82, 2.24) is 9.80 Å². The van der Waals surface area contributed by atoms with Crippen molar-refractivity contribution in [2.45, 2.75) is 26.2 Å². The summed E-state index contributed by atoms with van der Waals surface area (Å²) < 4.78 is 13.1. The van der Waals surface area contributed by atoms with Gasteiger partial charge in [0.1, 0.15) is 5.82 Å². The number of rotatable bonds is 4. The van der Waals surface area contributed by atoms with Gasteiger partial charge in [-0.15, -0.1) is 0 Å². The maximum Gasteiger partial charge on any atom is 0.253 e. The van der Waals surface area contributed by atoms with E-state index in [1.165, 1.54) is 17.7 Å². The lowest BCUT2D eigenvalue weighted by atomic mass is 9.90. The molecule has 2 saturated heterocycles. The van der Waals surface area contributed by atoms with Gasteiger partial charge in [-0.3, -0.25) is 9.59 Å². The molecule has 2 aromatic carbocycles. The molecule has 2 heterocycles. The summed E-state index contributed by atoms with van der Waals surface area (Å²) in [6.07, 6.45) is 3.08. The van der Waals surface area contributed by atoms with Crippen molar-refractivity contribution in [3.63, 3.8) is 0 Å². The van der Waals surface area contributed by atoms with Crippen molar-refractivity contribution < 1.29 is 14.0 Å². The van der Waals surface area contributed by atoms with Gasteiger partial charge in [-0.2, -0.15) is 0 Å². The van der Waals surface area contributed by atoms with E-state index in [-0.39, 0.29) is 17.6 Å². The summed E-state index contributed by atoms with van der Waals surface area (Å²) in [5.41, 5.74) is 2.97. The second-order valence-electron chi connectivity index (χ2n) is 8.61. The number of carbonyl (C=O) groups is 2. The van der Waals surface area contributed by atoms with Gasteiger partial charge in [0.05, 0.1) is 0 Å². The lowest BCUT2D eigenvalue weighted by molar-refractivity contribution is -0.130. The predicted octanol–water partition coefficient (Wildman–Crippen LogP) is 3.59. The van der Waals surface area contributed by atoms with E-state index in [2.05, 4.69) is 17.0 Å². The Morgan fingerprint density at radius 2 is 1.45 bits per heavy atom. The molecular formula is C25H30FN3O2. The number of nitrogens with zero attached hydrogens (tertiary/aromatic N) is 3. The van der Waals surface area contributed by atoms with Gasteiger partial charge in [0.25, 0.3) is 5.91 Å². The molecule has 2 aliphatic heterocycles. The molecule has 0 bridgehead atoms. The first-order chi connectivity index (χ1) is 15.0. The molecule has 0 atom stereocenters. The second kappa shape index (κ2) is 9.50. The standard InChI is InChI=1S/C25H30FN3O2/c1-19(30)27-12-10-21(11-13-27)18-20-2-4-22(5-3-20)25(31)29-16-14-28(15-17-29)24-8-6-23(26)7-9-24/h2-9,21H,10-18H2,1H3. The zero-order valence-electron chi connectivity index (χ0n) is 18.1. The predicted molar refractivity (Wildman–Crippen MR) is 120 cm³/mol. The summed E-state index contributed by atoms with van der Waals surface area (Å²) >= 11 is 0. The molecule has 164 valence electrons. The molecule has 5 nitrogen and oxygen atoms in total. The van der Waals surface area contributed by atoms with Gasteiger partial charge in [0.2, 0.25) is 5.91 Å². The first-order valence-electron chi connectivity index (χ1n) is 11.1. The summed E-state index contributed by atoms with van der Waals surface area (Å²) in [6.45, 7) is 6.14. The monoisotopic (exact) mass is 423 g/mol. The van der Waals surface area contributed by atoms with Crippen molar-refractivity contribution >= 4 is 17.5 Å². The van der Waals surface area contributed by atoms with Crippen LogP contribution in [0.3, 0.4) is 0 Å². The molecule has 0 radical (unpaired) electrons. The third-order valence-corrected chi connectivity index (χ3v) is 6.54. The Morgan fingerprint density at radius 1 is 0.839 bits per heavy atom. The van der Waals surface area contributed by atoms with Gasteiger partial charge < -0.3 is 14.7 Å². The fourth-order valence-electron chi connectivity index (χ4n) is 4.57. The third kappa shape index (κ3) is 5.24. The number of likely N-dealkylation sites (tertiary alicyclic amines) is 1. The summed E-state index contributed by atoms with van der Waals surface area (Å²) in [4.78, 5) is 30.4. The molecule has 0 saturated carbocycles. The van der Waals surface area contributed by atoms with Crippen LogP contribution in [0.4, 0.5) is 10.1 Å². The van der Waals surface area contributed by atoms with Gasteiger partial charge in [0.15, 0.2) is 0 Å². The van der Waals surface area contributed by atoms with Crippen LogP contribution in [0.25, 0.3) is 0 Å². The van der Waals surface area contributed by atoms with Gasteiger partial charge in [-0.05, 0) is 67.1 Å². The number of benzene rings is 2. The molecule has 0 spiro atoms. The SMILES string of the molecule is CC(=O)N1CCC(Cc2ccc(C(=O)N3CCN(c4ccc(F)cc4)CC3)cc2)CC1. The van der Waals surface area contributed by atoms with E-state index >= 15 is 0 Å². The van der Waals surface area contributed by atoms with Gasteiger partial charge in [-0.25, -0.2) is 4.39 Å².